The van der Waals surface area contributed by atoms with Crippen molar-refractivity contribution >= 4 is 29.1 Å². The number of likely N-dealkylation sites (tertiary alicyclic amines) is 2. The zero-order valence-electron chi connectivity index (χ0n) is 17.3. The van der Waals surface area contributed by atoms with E-state index in [2.05, 4.69) is 30.6 Å². The molecule has 0 aromatic heterocycles. The normalized spacial score (nSPS) is 30.6. The number of hydrogen-bond acceptors (Lipinski definition) is 2. The number of rotatable bonds is 3. The molecule has 5 heteroatoms. The average Bonchev–Trinajstić information content (AvgIpc) is 2.86. The zero-order valence-corrected chi connectivity index (χ0v) is 18.8. The highest BCUT2D eigenvalue weighted by Crippen LogP contribution is 2.52. The van der Waals surface area contributed by atoms with Crippen molar-refractivity contribution in [1.29, 1.82) is 0 Å². The first-order chi connectivity index (χ1) is 13.1. The highest BCUT2D eigenvalue weighted by Gasteiger charge is 2.51. The van der Waals surface area contributed by atoms with Crippen molar-refractivity contribution in [2.75, 3.05) is 19.6 Å². The Morgan fingerprint density at radius 3 is 2.54 bits per heavy atom. The smallest absolute Gasteiger partial charge is 0.226 e. The molecule has 2 atom stereocenters. The highest BCUT2D eigenvalue weighted by atomic mass is 35.5. The molecule has 2 bridgehead atoms. The third-order valence-corrected chi connectivity index (χ3v) is 7.63. The van der Waals surface area contributed by atoms with Crippen molar-refractivity contribution < 1.29 is 4.79 Å². The molecule has 1 aliphatic carbocycles. The lowest BCUT2D eigenvalue weighted by atomic mass is 9.65. The zero-order chi connectivity index (χ0) is 20.1. The number of nitrogens with zero attached hydrogens (tertiary/aromatic N) is 2. The van der Waals surface area contributed by atoms with Crippen molar-refractivity contribution in [3.8, 4) is 0 Å². The summed E-state index contributed by atoms with van der Waals surface area (Å²) in [5, 5.41) is 1.40. The number of halogens is 2. The van der Waals surface area contributed by atoms with E-state index in [0.717, 1.165) is 56.0 Å². The largest absolute Gasteiger partial charge is 0.339 e. The van der Waals surface area contributed by atoms with Crippen molar-refractivity contribution in [3.63, 3.8) is 0 Å². The number of piperidine rings is 1. The van der Waals surface area contributed by atoms with Crippen LogP contribution in [-0.2, 0) is 11.3 Å². The lowest BCUT2D eigenvalue weighted by molar-refractivity contribution is -0.138. The van der Waals surface area contributed by atoms with Crippen LogP contribution in [0, 0.1) is 16.7 Å². The third-order valence-electron chi connectivity index (χ3n) is 7.04. The minimum Gasteiger partial charge on any atom is -0.339 e. The lowest BCUT2D eigenvalue weighted by Crippen LogP contribution is -2.44. The first-order valence-corrected chi connectivity index (χ1v) is 11.4. The maximum atomic E-state index is 13.3. The summed E-state index contributed by atoms with van der Waals surface area (Å²) in [5.41, 5.74) is 1.78. The number of carbonyl (C=O) groups is 1. The second-order valence-electron chi connectivity index (χ2n) is 10.5. The van der Waals surface area contributed by atoms with E-state index < -0.39 is 0 Å². The number of hydrogen-bond donors (Lipinski definition) is 0. The van der Waals surface area contributed by atoms with Gasteiger partial charge >= 0.3 is 0 Å². The van der Waals surface area contributed by atoms with Crippen LogP contribution >= 0.6 is 23.2 Å². The SMILES string of the molecule is CC1(C)CC2CC(C)(CN2C(=O)C2CCN(Cc3ccc(Cl)cc3Cl)CC2)C1. The molecule has 2 aliphatic heterocycles. The Morgan fingerprint density at radius 2 is 1.86 bits per heavy atom. The van der Waals surface area contributed by atoms with Gasteiger partial charge < -0.3 is 4.90 Å². The predicted octanol–water partition coefficient (Wildman–Crippen LogP) is 5.63. The van der Waals surface area contributed by atoms with Gasteiger partial charge in [0.1, 0.15) is 0 Å². The lowest BCUT2D eigenvalue weighted by Gasteiger charge is -2.40. The summed E-state index contributed by atoms with van der Waals surface area (Å²) < 4.78 is 0. The van der Waals surface area contributed by atoms with E-state index in [1.165, 1.54) is 12.8 Å². The quantitative estimate of drug-likeness (QED) is 0.629. The maximum absolute atomic E-state index is 13.3. The fourth-order valence-corrected chi connectivity index (χ4v) is 6.65. The minimum atomic E-state index is 0.183. The van der Waals surface area contributed by atoms with Gasteiger partial charge in [-0.1, -0.05) is 50.0 Å². The Morgan fingerprint density at radius 1 is 1.14 bits per heavy atom. The molecular weight excluding hydrogens is 391 g/mol. The molecule has 1 saturated carbocycles. The summed E-state index contributed by atoms with van der Waals surface area (Å²) >= 11 is 12.3. The fraction of sp³-hybridized carbons (Fsp3) is 0.696. The van der Waals surface area contributed by atoms with Gasteiger partial charge in [0.15, 0.2) is 0 Å². The molecule has 1 amide bonds. The van der Waals surface area contributed by atoms with E-state index in [4.69, 9.17) is 23.2 Å². The summed E-state index contributed by atoms with van der Waals surface area (Å²) in [7, 11) is 0. The molecule has 2 unspecified atom stereocenters. The number of benzene rings is 1. The summed E-state index contributed by atoms with van der Waals surface area (Å²) in [6, 6.07) is 6.16. The number of carbonyl (C=O) groups excluding carboxylic acids is 1. The maximum Gasteiger partial charge on any atom is 0.226 e. The van der Waals surface area contributed by atoms with Gasteiger partial charge in [0.25, 0.3) is 0 Å². The molecule has 1 aromatic carbocycles. The Bertz CT molecular complexity index is 757. The van der Waals surface area contributed by atoms with Crippen molar-refractivity contribution in [3.05, 3.63) is 33.8 Å². The van der Waals surface area contributed by atoms with Gasteiger partial charge in [0.2, 0.25) is 5.91 Å². The molecule has 28 heavy (non-hydrogen) atoms. The Balaban J connectivity index is 1.34. The van der Waals surface area contributed by atoms with E-state index >= 15 is 0 Å². The Hall–Kier alpha value is -0.770. The van der Waals surface area contributed by atoms with Crippen LogP contribution in [0.2, 0.25) is 10.0 Å². The first kappa shape index (κ1) is 20.5. The highest BCUT2D eigenvalue weighted by molar-refractivity contribution is 6.35. The summed E-state index contributed by atoms with van der Waals surface area (Å²) in [5.74, 6) is 0.596. The molecule has 0 spiro atoms. The molecule has 0 radical (unpaired) electrons. The molecular formula is C23H32Cl2N2O. The van der Waals surface area contributed by atoms with Gasteiger partial charge in [-0.15, -0.1) is 0 Å². The molecule has 2 saturated heterocycles. The third kappa shape index (κ3) is 4.22. The number of amides is 1. The molecule has 1 aromatic rings. The standard InChI is InChI=1S/C23H32Cl2N2O/c1-22(2)11-19-12-23(3,14-22)15-27(19)21(28)16-6-8-26(9-7-16)13-17-4-5-18(24)10-20(17)25/h4-5,10,16,19H,6-9,11-15H2,1-3H3. The van der Waals surface area contributed by atoms with E-state index in [9.17, 15) is 4.79 Å². The molecule has 3 fully saturated rings. The van der Waals surface area contributed by atoms with Crippen LogP contribution < -0.4 is 0 Å². The van der Waals surface area contributed by atoms with Gasteiger partial charge in [-0.25, -0.2) is 0 Å². The molecule has 154 valence electrons. The molecule has 2 heterocycles. The second-order valence-corrected chi connectivity index (χ2v) is 11.3. The molecule has 3 nitrogen and oxygen atoms in total. The fourth-order valence-electron chi connectivity index (χ4n) is 6.18. The topological polar surface area (TPSA) is 23.6 Å². The molecule has 3 aliphatic rings. The van der Waals surface area contributed by atoms with Crippen LogP contribution in [0.1, 0.15) is 58.4 Å². The van der Waals surface area contributed by atoms with Crippen LogP contribution in [-0.4, -0.2) is 41.4 Å². The van der Waals surface area contributed by atoms with Crippen LogP contribution in [0.3, 0.4) is 0 Å². The number of fused-ring (bicyclic) bond motifs is 2. The monoisotopic (exact) mass is 422 g/mol. The van der Waals surface area contributed by atoms with Gasteiger partial charge in [-0.2, -0.15) is 0 Å². The van der Waals surface area contributed by atoms with Crippen molar-refractivity contribution in [2.24, 2.45) is 16.7 Å². The second kappa shape index (κ2) is 7.49. The summed E-state index contributed by atoms with van der Waals surface area (Å²) in [4.78, 5) is 18.0. The van der Waals surface area contributed by atoms with Crippen LogP contribution in [0.25, 0.3) is 0 Å². The predicted molar refractivity (Wildman–Crippen MR) is 116 cm³/mol. The van der Waals surface area contributed by atoms with Crippen LogP contribution in [0.15, 0.2) is 18.2 Å². The van der Waals surface area contributed by atoms with Crippen LogP contribution in [0.4, 0.5) is 0 Å². The van der Waals surface area contributed by atoms with Gasteiger partial charge in [0, 0.05) is 35.1 Å². The van der Waals surface area contributed by atoms with Gasteiger partial charge in [-0.05, 0) is 73.7 Å². The Labute approximate surface area is 179 Å². The summed E-state index contributed by atoms with van der Waals surface area (Å²) in [6.45, 7) is 10.8. The van der Waals surface area contributed by atoms with E-state index in [1.807, 2.05) is 18.2 Å². The van der Waals surface area contributed by atoms with E-state index in [-0.39, 0.29) is 5.92 Å². The van der Waals surface area contributed by atoms with E-state index in [1.54, 1.807) is 0 Å². The summed E-state index contributed by atoms with van der Waals surface area (Å²) in [6.07, 6.45) is 5.49. The van der Waals surface area contributed by atoms with Gasteiger partial charge in [0.05, 0.1) is 0 Å². The average molecular weight is 423 g/mol. The van der Waals surface area contributed by atoms with Gasteiger partial charge in [-0.3, -0.25) is 9.69 Å². The van der Waals surface area contributed by atoms with Crippen molar-refractivity contribution in [2.45, 2.75) is 65.5 Å². The van der Waals surface area contributed by atoms with E-state index in [0.29, 0.717) is 27.8 Å². The minimum absolute atomic E-state index is 0.183. The molecule has 4 rings (SSSR count). The van der Waals surface area contributed by atoms with Crippen molar-refractivity contribution in [1.82, 2.24) is 9.80 Å². The first-order valence-electron chi connectivity index (χ1n) is 10.6. The molecule has 0 N–H and O–H groups in total. The Kier molecular flexibility index (Phi) is 5.48. The van der Waals surface area contributed by atoms with Crippen LogP contribution in [0.5, 0.6) is 0 Å².